The number of nitrogens with zero attached hydrogens (tertiary/aromatic N) is 2. The van der Waals surface area contributed by atoms with Crippen LogP contribution in [0.1, 0.15) is 25.7 Å². The molecule has 0 aromatic heterocycles. The van der Waals surface area contributed by atoms with Crippen LogP contribution < -0.4 is 10.1 Å². The highest BCUT2D eigenvalue weighted by Gasteiger charge is 2.29. The zero-order chi connectivity index (χ0) is 17.5. The number of para-hydroxylation sites is 1. The van der Waals surface area contributed by atoms with Gasteiger partial charge >= 0.3 is 0 Å². The van der Waals surface area contributed by atoms with Gasteiger partial charge in [-0.2, -0.15) is 0 Å². The minimum absolute atomic E-state index is 0.00282. The molecular weight excluding hydrogens is 318 g/mol. The van der Waals surface area contributed by atoms with Crippen molar-refractivity contribution < 1.29 is 14.3 Å². The Kier molecular flexibility index (Phi) is 6.28. The lowest BCUT2D eigenvalue weighted by molar-refractivity contribution is -0.135. The number of benzene rings is 1. The lowest BCUT2D eigenvalue weighted by Gasteiger charge is -2.37. The first-order valence-electron chi connectivity index (χ1n) is 9.19. The first kappa shape index (κ1) is 17.7. The van der Waals surface area contributed by atoms with E-state index in [1.54, 1.807) is 12.1 Å². The summed E-state index contributed by atoms with van der Waals surface area (Å²) in [7, 11) is 0. The maximum Gasteiger partial charge on any atom is 0.258 e. The number of carbonyl (C=O) groups excluding carboxylic acids is 2. The van der Waals surface area contributed by atoms with Gasteiger partial charge in [0.05, 0.1) is 6.54 Å². The van der Waals surface area contributed by atoms with Gasteiger partial charge in [-0.1, -0.05) is 18.2 Å². The molecule has 0 saturated carbocycles. The second kappa shape index (κ2) is 8.85. The summed E-state index contributed by atoms with van der Waals surface area (Å²) < 4.78 is 5.39. The molecule has 2 saturated heterocycles. The molecule has 0 bridgehead atoms. The first-order valence-corrected chi connectivity index (χ1v) is 9.19. The van der Waals surface area contributed by atoms with Crippen molar-refractivity contribution in [3.05, 3.63) is 30.3 Å². The number of likely N-dealkylation sites (tertiary alicyclic amines) is 2. The Hall–Kier alpha value is -2.08. The number of carbonyl (C=O) groups is 2. The standard InChI is InChI=1S/C19H27N3O3/c23-18(15-25-17-8-2-1-3-9-17)20-13-19(24)22-12-6-7-16(14-22)21-10-4-5-11-21/h1-3,8-9,16H,4-7,10-15H2,(H,20,23). The van der Waals surface area contributed by atoms with E-state index >= 15 is 0 Å². The summed E-state index contributed by atoms with van der Waals surface area (Å²) in [5.74, 6) is 0.371. The molecule has 1 aromatic rings. The van der Waals surface area contributed by atoms with Gasteiger partial charge in [0, 0.05) is 19.1 Å². The molecule has 2 heterocycles. The third kappa shape index (κ3) is 5.19. The van der Waals surface area contributed by atoms with Crippen LogP contribution in [0.15, 0.2) is 30.3 Å². The van der Waals surface area contributed by atoms with Gasteiger partial charge in [0.2, 0.25) is 5.91 Å². The van der Waals surface area contributed by atoms with Crippen molar-refractivity contribution in [3.63, 3.8) is 0 Å². The van der Waals surface area contributed by atoms with Crippen molar-refractivity contribution in [2.45, 2.75) is 31.7 Å². The van der Waals surface area contributed by atoms with Crippen LogP contribution in [0.3, 0.4) is 0 Å². The molecule has 0 radical (unpaired) electrons. The lowest BCUT2D eigenvalue weighted by Crippen LogP contribution is -2.51. The van der Waals surface area contributed by atoms with Gasteiger partial charge in [-0.3, -0.25) is 14.5 Å². The predicted molar refractivity (Wildman–Crippen MR) is 95.4 cm³/mol. The number of amides is 2. The smallest absolute Gasteiger partial charge is 0.258 e. The molecule has 2 aliphatic heterocycles. The number of piperidine rings is 1. The molecule has 0 spiro atoms. The highest BCUT2D eigenvalue weighted by atomic mass is 16.5. The fourth-order valence-electron chi connectivity index (χ4n) is 3.59. The molecule has 1 N–H and O–H groups in total. The molecule has 0 aliphatic carbocycles. The van der Waals surface area contributed by atoms with E-state index in [0.717, 1.165) is 32.6 Å². The zero-order valence-electron chi connectivity index (χ0n) is 14.7. The summed E-state index contributed by atoms with van der Waals surface area (Å²) in [6.07, 6.45) is 4.74. The van der Waals surface area contributed by atoms with Crippen LogP contribution in [-0.4, -0.2) is 67.0 Å². The molecule has 6 heteroatoms. The van der Waals surface area contributed by atoms with Gasteiger partial charge in [0.15, 0.2) is 6.61 Å². The quantitative estimate of drug-likeness (QED) is 0.843. The molecule has 2 aliphatic rings. The van der Waals surface area contributed by atoms with E-state index in [2.05, 4.69) is 10.2 Å². The molecule has 3 rings (SSSR count). The topological polar surface area (TPSA) is 61.9 Å². The van der Waals surface area contributed by atoms with Crippen molar-refractivity contribution in [2.75, 3.05) is 39.3 Å². The van der Waals surface area contributed by atoms with Crippen molar-refractivity contribution in [3.8, 4) is 5.75 Å². The minimum Gasteiger partial charge on any atom is -0.484 e. The summed E-state index contributed by atoms with van der Waals surface area (Å²) in [5.41, 5.74) is 0. The SMILES string of the molecule is O=C(COc1ccccc1)NCC(=O)N1CCCC(N2CCCC2)C1. The van der Waals surface area contributed by atoms with Crippen LogP contribution in [0.4, 0.5) is 0 Å². The number of hydrogen-bond donors (Lipinski definition) is 1. The van der Waals surface area contributed by atoms with E-state index in [-0.39, 0.29) is 25.0 Å². The third-order valence-corrected chi connectivity index (χ3v) is 4.96. The molecule has 1 aromatic carbocycles. The molecule has 2 fully saturated rings. The average Bonchev–Trinajstić information content (AvgIpc) is 3.20. The van der Waals surface area contributed by atoms with Gasteiger partial charge in [-0.15, -0.1) is 0 Å². The Labute approximate surface area is 149 Å². The van der Waals surface area contributed by atoms with Crippen molar-refractivity contribution >= 4 is 11.8 Å². The van der Waals surface area contributed by atoms with Crippen LogP contribution in [0.5, 0.6) is 5.75 Å². The van der Waals surface area contributed by atoms with E-state index < -0.39 is 0 Å². The maximum absolute atomic E-state index is 12.4. The van der Waals surface area contributed by atoms with Crippen molar-refractivity contribution in [2.24, 2.45) is 0 Å². The Morgan fingerprint density at radius 1 is 1.08 bits per heavy atom. The molecule has 2 amide bonds. The summed E-state index contributed by atoms with van der Waals surface area (Å²) >= 11 is 0. The second-order valence-electron chi connectivity index (χ2n) is 6.76. The van der Waals surface area contributed by atoms with Gasteiger partial charge in [0.1, 0.15) is 5.75 Å². The second-order valence-corrected chi connectivity index (χ2v) is 6.76. The van der Waals surface area contributed by atoms with Crippen LogP contribution in [0.2, 0.25) is 0 Å². The zero-order valence-corrected chi connectivity index (χ0v) is 14.7. The molecule has 1 atom stereocenters. The Morgan fingerprint density at radius 2 is 1.84 bits per heavy atom. The molecule has 136 valence electrons. The number of hydrogen-bond acceptors (Lipinski definition) is 4. The molecule has 25 heavy (non-hydrogen) atoms. The maximum atomic E-state index is 12.4. The van der Waals surface area contributed by atoms with Gasteiger partial charge in [0.25, 0.3) is 5.91 Å². The van der Waals surface area contributed by atoms with Gasteiger partial charge in [-0.05, 0) is 50.9 Å². The predicted octanol–water partition coefficient (Wildman–Crippen LogP) is 1.27. The fourth-order valence-corrected chi connectivity index (χ4v) is 3.59. The monoisotopic (exact) mass is 345 g/mol. The first-order chi connectivity index (χ1) is 12.2. The third-order valence-electron chi connectivity index (χ3n) is 4.96. The molecule has 1 unspecified atom stereocenters. The Morgan fingerprint density at radius 3 is 2.60 bits per heavy atom. The highest BCUT2D eigenvalue weighted by molar-refractivity contribution is 5.85. The number of ether oxygens (including phenoxy) is 1. The summed E-state index contributed by atoms with van der Waals surface area (Å²) in [4.78, 5) is 28.7. The van der Waals surface area contributed by atoms with Crippen LogP contribution in [0.25, 0.3) is 0 Å². The van der Waals surface area contributed by atoms with E-state index in [1.165, 1.54) is 19.3 Å². The summed E-state index contributed by atoms with van der Waals surface area (Å²) in [6.45, 7) is 3.85. The fraction of sp³-hybridized carbons (Fsp3) is 0.579. The van der Waals surface area contributed by atoms with Crippen LogP contribution in [-0.2, 0) is 9.59 Å². The average molecular weight is 345 g/mol. The largest absolute Gasteiger partial charge is 0.484 e. The van der Waals surface area contributed by atoms with E-state index in [4.69, 9.17) is 4.74 Å². The number of rotatable bonds is 6. The van der Waals surface area contributed by atoms with E-state index in [1.807, 2.05) is 23.1 Å². The Bertz CT molecular complexity index is 573. The van der Waals surface area contributed by atoms with Crippen LogP contribution in [0, 0.1) is 0 Å². The molecule has 6 nitrogen and oxygen atoms in total. The summed E-state index contributed by atoms with van der Waals surface area (Å²) in [5, 5.41) is 2.67. The van der Waals surface area contributed by atoms with E-state index in [0.29, 0.717) is 11.8 Å². The van der Waals surface area contributed by atoms with Gasteiger partial charge < -0.3 is 15.0 Å². The van der Waals surface area contributed by atoms with Crippen molar-refractivity contribution in [1.82, 2.24) is 15.1 Å². The lowest BCUT2D eigenvalue weighted by atomic mass is 10.0. The van der Waals surface area contributed by atoms with Crippen molar-refractivity contribution in [1.29, 1.82) is 0 Å². The highest BCUT2D eigenvalue weighted by Crippen LogP contribution is 2.20. The van der Waals surface area contributed by atoms with Crippen LogP contribution >= 0.6 is 0 Å². The summed E-state index contributed by atoms with van der Waals surface area (Å²) in [6, 6.07) is 9.67. The van der Waals surface area contributed by atoms with Gasteiger partial charge in [-0.25, -0.2) is 0 Å². The molecular formula is C19H27N3O3. The minimum atomic E-state index is -0.273. The van der Waals surface area contributed by atoms with E-state index in [9.17, 15) is 9.59 Å². The number of nitrogens with one attached hydrogen (secondary N) is 1. The Balaban J connectivity index is 1.38. The normalized spacial score (nSPS) is 21.1.